The maximum absolute atomic E-state index is 13.3. The van der Waals surface area contributed by atoms with Gasteiger partial charge in [0.1, 0.15) is 11.6 Å². The third-order valence-corrected chi connectivity index (χ3v) is 4.62. The van der Waals surface area contributed by atoms with Crippen molar-refractivity contribution in [3.05, 3.63) is 65.5 Å². The molecule has 0 bridgehead atoms. The second-order valence-corrected chi connectivity index (χ2v) is 6.30. The zero-order valence-electron chi connectivity index (χ0n) is 14.2. The zero-order valence-corrected chi connectivity index (χ0v) is 14.2. The molecule has 1 atom stereocenters. The zero-order chi connectivity index (χ0) is 16.8. The van der Waals surface area contributed by atoms with Gasteiger partial charge in [0.2, 0.25) is 0 Å². The fraction of sp³-hybridized carbons (Fsp3) is 0.400. The Morgan fingerprint density at radius 1 is 1.12 bits per heavy atom. The minimum Gasteiger partial charge on any atom is -0.497 e. The van der Waals surface area contributed by atoms with Gasteiger partial charge < -0.3 is 10.1 Å². The Kier molecular flexibility index (Phi) is 5.83. The van der Waals surface area contributed by atoms with Crippen molar-refractivity contribution < 1.29 is 9.13 Å². The van der Waals surface area contributed by atoms with Crippen LogP contribution in [0.3, 0.4) is 0 Å². The van der Waals surface area contributed by atoms with Crippen LogP contribution in [0.25, 0.3) is 0 Å². The number of benzene rings is 2. The number of likely N-dealkylation sites (tertiary alicyclic amines) is 1. The fourth-order valence-corrected chi connectivity index (χ4v) is 3.36. The smallest absolute Gasteiger partial charge is 0.123 e. The van der Waals surface area contributed by atoms with Gasteiger partial charge in [0.05, 0.1) is 7.11 Å². The second-order valence-electron chi connectivity index (χ2n) is 6.30. The van der Waals surface area contributed by atoms with Gasteiger partial charge in [-0.05, 0) is 61.3 Å². The van der Waals surface area contributed by atoms with Gasteiger partial charge in [-0.1, -0.05) is 24.3 Å². The van der Waals surface area contributed by atoms with E-state index in [1.807, 2.05) is 18.2 Å². The summed E-state index contributed by atoms with van der Waals surface area (Å²) in [4.78, 5) is 2.52. The Hall–Kier alpha value is -1.91. The Bertz CT molecular complexity index is 656. The van der Waals surface area contributed by atoms with E-state index in [0.717, 1.165) is 30.9 Å². The average molecular weight is 328 g/mol. The molecule has 0 aliphatic carbocycles. The molecular formula is C20H25FN2O. The number of nitrogens with zero attached hydrogens (tertiary/aromatic N) is 1. The Morgan fingerprint density at radius 2 is 1.92 bits per heavy atom. The van der Waals surface area contributed by atoms with Crippen molar-refractivity contribution in [1.82, 2.24) is 10.2 Å². The number of nitrogens with one attached hydrogen (secondary N) is 1. The van der Waals surface area contributed by atoms with Crippen LogP contribution >= 0.6 is 0 Å². The van der Waals surface area contributed by atoms with Gasteiger partial charge in [0.25, 0.3) is 0 Å². The third-order valence-electron chi connectivity index (χ3n) is 4.62. The molecule has 3 nitrogen and oxygen atoms in total. The third kappa shape index (κ3) is 4.34. The fourth-order valence-electron chi connectivity index (χ4n) is 3.36. The highest BCUT2D eigenvalue weighted by atomic mass is 19.1. The normalized spacial score (nSPS) is 16.2. The molecule has 1 aliphatic rings. The summed E-state index contributed by atoms with van der Waals surface area (Å²) in [5.41, 5.74) is 2.24. The van der Waals surface area contributed by atoms with Crippen LogP contribution in [0.2, 0.25) is 0 Å². The summed E-state index contributed by atoms with van der Waals surface area (Å²) in [6.07, 6.45) is 2.51. The van der Waals surface area contributed by atoms with E-state index >= 15 is 0 Å². The van der Waals surface area contributed by atoms with Crippen LogP contribution in [0.15, 0.2) is 48.5 Å². The monoisotopic (exact) mass is 328 g/mol. The molecule has 0 amide bonds. The van der Waals surface area contributed by atoms with Gasteiger partial charge >= 0.3 is 0 Å². The lowest BCUT2D eigenvalue weighted by atomic mass is 10.0. The van der Waals surface area contributed by atoms with E-state index in [0.29, 0.717) is 12.6 Å². The largest absolute Gasteiger partial charge is 0.497 e. The molecule has 0 radical (unpaired) electrons. The lowest BCUT2D eigenvalue weighted by Gasteiger charge is -2.28. The maximum atomic E-state index is 13.3. The van der Waals surface area contributed by atoms with Gasteiger partial charge in [0.15, 0.2) is 0 Å². The van der Waals surface area contributed by atoms with Crippen LogP contribution in [0.4, 0.5) is 4.39 Å². The van der Waals surface area contributed by atoms with E-state index in [-0.39, 0.29) is 5.82 Å². The highest BCUT2D eigenvalue weighted by molar-refractivity contribution is 5.31. The summed E-state index contributed by atoms with van der Waals surface area (Å²) in [5.74, 6) is 0.708. The molecule has 0 aromatic heterocycles. The van der Waals surface area contributed by atoms with E-state index < -0.39 is 0 Å². The summed E-state index contributed by atoms with van der Waals surface area (Å²) in [5, 5.41) is 3.49. The Morgan fingerprint density at radius 3 is 2.67 bits per heavy atom. The number of methoxy groups -OCH3 is 1. The highest BCUT2D eigenvalue weighted by Crippen LogP contribution is 2.27. The van der Waals surface area contributed by atoms with Crippen molar-refractivity contribution in [2.45, 2.75) is 25.4 Å². The van der Waals surface area contributed by atoms with E-state index in [1.165, 1.54) is 24.5 Å². The van der Waals surface area contributed by atoms with Gasteiger partial charge in [0, 0.05) is 19.1 Å². The van der Waals surface area contributed by atoms with Crippen LogP contribution in [-0.4, -0.2) is 31.6 Å². The molecule has 0 unspecified atom stereocenters. The van der Waals surface area contributed by atoms with Crippen LogP contribution in [0.1, 0.15) is 30.0 Å². The molecule has 3 rings (SSSR count). The lowest BCUT2D eigenvalue weighted by Crippen LogP contribution is -2.34. The molecule has 4 heteroatoms. The van der Waals surface area contributed by atoms with Crippen molar-refractivity contribution in [2.75, 3.05) is 26.7 Å². The molecule has 2 aromatic carbocycles. The molecule has 0 saturated carbocycles. The number of hydrogen-bond acceptors (Lipinski definition) is 3. The molecule has 24 heavy (non-hydrogen) atoms. The standard InChI is InChI=1S/C20H25FN2O/c1-24-19-9-5-7-17(13-19)20(23-10-2-3-11-23)15-22-14-16-6-4-8-18(21)12-16/h4-9,12-13,20,22H,2-3,10-11,14-15H2,1H3/t20-/m1/s1. The van der Waals surface area contributed by atoms with Gasteiger partial charge in [-0.25, -0.2) is 4.39 Å². The summed E-state index contributed by atoms with van der Waals surface area (Å²) in [6.45, 7) is 3.77. The predicted octanol–water partition coefficient (Wildman–Crippen LogP) is 3.76. The number of hydrogen-bond donors (Lipinski definition) is 1. The van der Waals surface area contributed by atoms with Crippen molar-refractivity contribution >= 4 is 0 Å². The predicted molar refractivity (Wildman–Crippen MR) is 94.6 cm³/mol. The minimum atomic E-state index is -0.182. The summed E-state index contributed by atoms with van der Waals surface area (Å²) in [6, 6.07) is 15.4. The molecule has 1 aliphatic heterocycles. The van der Waals surface area contributed by atoms with Crippen LogP contribution in [0, 0.1) is 5.82 Å². The van der Waals surface area contributed by atoms with Crippen molar-refractivity contribution in [3.63, 3.8) is 0 Å². The summed E-state index contributed by atoms with van der Waals surface area (Å²) < 4.78 is 18.7. The van der Waals surface area contributed by atoms with E-state index in [1.54, 1.807) is 19.2 Å². The molecule has 0 spiro atoms. The van der Waals surface area contributed by atoms with Crippen molar-refractivity contribution in [3.8, 4) is 5.75 Å². The first-order chi connectivity index (χ1) is 11.8. The van der Waals surface area contributed by atoms with Crippen LogP contribution in [-0.2, 0) is 6.54 Å². The SMILES string of the molecule is COc1cccc([C@@H](CNCc2cccc(F)c2)N2CCCC2)c1. The average Bonchev–Trinajstić information content (AvgIpc) is 3.13. The van der Waals surface area contributed by atoms with Crippen LogP contribution in [0.5, 0.6) is 5.75 Å². The minimum absolute atomic E-state index is 0.182. The van der Waals surface area contributed by atoms with Gasteiger partial charge in [-0.3, -0.25) is 4.90 Å². The topological polar surface area (TPSA) is 24.5 Å². The van der Waals surface area contributed by atoms with E-state index in [4.69, 9.17) is 4.74 Å². The molecule has 1 N–H and O–H groups in total. The first-order valence-electron chi connectivity index (χ1n) is 8.59. The van der Waals surface area contributed by atoms with E-state index in [9.17, 15) is 4.39 Å². The number of halogens is 1. The number of rotatable bonds is 7. The first-order valence-corrected chi connectivity index (χ1v) is 8.59. The summed E-state index contributed by atoms with van der Waals surface area (Å²) >= 11 is 0. The Balaban J connectivity index is 1.68. The summed E-state index contributed by atoms with van der Waals surface area (Å²) in [7, 11) is 1.70. The Labute approximate surface area is 143 Å². The molecule has 2 aromatic rings. The molecule has 1 saturated heterocycles. The molecule has 1 fully saturated rings. The molecule has 128 valence electrons. The highest BCUT2D eigenvalue weighted by Gasteiger charge is 2.23. The lowest BCUT2D eigenvalue weighted by molar-refractivity contribution is 0.238. The van der Waals surface area contributed by atoms with Gasteiger partial charge in [-0.2, -0.15) is 0 Å². The second kappa shape index (κ2) is 8.27. The maximum Gasteiger partial charge on any atom is 0.123 e. The first kappa shape index (κ1) is 16.9. The molecular weight excluding hydrogens is 303 g/mol. The molecule has 1 heterocycles. The van der Waals surface area contributed by atoms with E-state index in [2.05, 4.69) is 22.3 Å². The van der Waals surface area contributed by atoms with Gasteiger partial charge in [-0.15, -0.1) is 0 Å². The number of ether oxygens (including phenoxy) is 1. The van der Waals surface area contributed by atoms with Crippen molar-refractivity contribution in [1.29, 1.82) is 0 Å². The van der Waals surface area contributed by atoms with Crippen molar-refractivity contribution in [2.24, 2.45) is 0 Å². The van der Waals surface area contributed by atoms with Crippen LogP contribution < -0.4 is 10.1 Å². The quantitative estimate of drug-likeness (QED) is 0.837.